The predicted octanol–water partition coefficient (Wildman–Crippen LogP) is 5.22. The number of carbonyl (C=O) groups excluding carboxylic acids is 1. The number of benzene rings is 3. The summed E-state index contributed by atoms with van der Waals surface area (Å²) >= 11 is 0. The van der Waals surface area contributed by atoms with Crippen LogP contribution in [0, 0.1) is 17.2 Å². The molecule has 1 aliphatic heterocycles. The van der Waals surface area contributed by atoms with Gasteiger partial charge in [-0.1, -0.05) is 36.4 Å². The van der Waals surface area contributed by atoms with E-state index in [-0.39, 0.29) is 23.7 Å². The molecule has 0 radical (unpaired) electrons. The van der Waals surface area contributed by atoms with Crippen molar-refractivity contribution in [3.63, 3.8) is 0 Å². The molecule has 1 heterocycles. The van der Waals surface area contributed by atoms with E-state index in [0.717, 1.165) is 34.6 Å². The summed E-state index contributed by atoms with van der Waals surface area (Å²) < 4.78 is 11.9. The molecule has 1 aliphatic carbocycles. The third kappa shape index (κ3) is 5.29. The van der Waals surface area contributed by atoms with E-state index >= 15 is 0 Å². The lowest BCUT2D eigenvalue weighted by Gasteiger charge is -2.27. The van der Waals surface area contributed by atoms with Crippen molar-refractivity contribution in [2.75, 3.05) is 11.9 Å². The van der Waals surface area contributed by atoms with Crippen molar-refractivity contribution in [3.05, 3.63) is 89.0 Å². The Morgan fingerprint density at radius 2 is 1.97 bits per heavy atom. The summed E-state index contributed by atoms with van der Waals surface area (Å²) in [7, 11) is 0. The van der Waals surface area contributed by atoms with Crippen molar-refractivity contribution in [3.8, 4) is 17.6 Å². The van der Waals surface area contributed by atoms with Crippen LogP contribution in [-0.2, 0) is 28.0 Å². The number of carboxylic acid groups (broad SMARTS) is 1. The van der Waals surface area contributed by atoms with Gasteiger partial charge in [-0.3, -0.25) is 9.59 Å². The van der Waals surface area contributed by atoms with Crippen LogP contribution in [0.3, 0.4) is 0 Å². The molecular formula is C30H28N2O5. The summed E-state index contributed by atoms with van der Waals surface area (Å²) in [6.45, 7) is 1.00. The molecule has 7 heteroatoms. The zero-order chi connectivity index (χ0) is 25.8. The van der Waals surface area contributed by atoms with Crippen LogP contribution >= 0.6 is 0 Å². The maximum Gasteiger partial charge on any atom is 0.303 e. The first kappa shape index (κ1) is 24.4. The van der Waals surface area contributed by atoms with E-state index in [2.05, 4.69) is 11.4 Å². The first-order valence-corrected chi connectivity index (χ1v) is 12.5. The number of hydrogen-bond acceptors (Lipinski definition) is 5. The molecule has 3 aromatic rings. The summed E-state index contributed by atoms with van der Waals surface area (Å²) in [5.74, 6) is 0.343. The van der Waals surface area contributed by atoms with Crippen LogP contribution in [0.4, 0.5) is 5.69 Å². The fourth-order valence-corrected chi connectivity index (χ4v) is 5.19. The number of hydrogen-bond donors (Lipinski definition) is 2. The summed E-state index contributed by atoms with van der Waals surface area (Å²) in [6, 6.07) is 23.0. The third-order valence-corrected chi connectivity index (χ3v) is 7.27. The number of carboxylic acids is 1. The minimum absolute atomic E-state index is 0.0462. The van der Waals surface area contributed by atoms with Gasteiger partial charge in [0.1, 0.15) is 18.1 Å². The van der Waals surface area contributed by atoms with Crippen LogP contribution in [0.1, 0.15) is 47.9 Å². The quantitative estimate of drug-likeness (QED) is 0.420. The second-order valence-electron chi connectivity index (χ2n) is 9.66. The third-order valence-electron chi connectivity index (χ3n) is 7.27. The standard InChI is InChI=1S/C30H28N2O5/c31-18-21-9-10-22(7-4-8-28(33)34)26(15-21)32-29(35)25-17-30(25)13-14-36-27-12-11-23(16-24(27)30)37-19-20-5-2-1-3-6-20/h1-3,5-6,9-12,15-16,25H,4,7-8,13-14,17,19H2,(H,32,35)(H,33,34)/t25-,30-/m0/s1. The number of amides is 1. The topological polar surface area (TPSA) is 109 Å². The summed E-state index contributed by atoms with van der Waals surface area (Å²) in [4.78, 5) is 24.4. The molecule has 0 bridgehead atoms. The van der Waals surface area contributed by atoms with Crippen molar-refractivity contribution in [1.82, 2.24) is 0 Å². The number of nitrogens with zero attached hydrogens (tertiary/aromatic N) is 1. The fraction of sp³-hybridized carbons (Fsp3) is 0.300. The van der Waals surface area contributed by atoms with E-state index in [1.165, 1.54) is 0 Å². The number of rotatable bonds is 9. The molecule has 2 aliphatic rings. The molecule has 3 aromatic carbocycles. The molecule has 1 spiro atoms. The average molecular weight is 497 g/mol. The molecule has 188 valence electrons. The summed E-state index contributed by atoms with van der Waals surface area (Å²) in [6.07, 6.45) is 2.45. The van der Waals surface area contributed by atoms with Gasteiger partial charge in [-0.2, -0.15) is 5.26 Å². The number of aliphatic carboxylic acids is 1. The smallest absolute Gasteiger partial charge is 0.303 e. The van der Waals surface area contributed by atoms with Crippen molar-refractivity contribution >= 4 is 17.6 Å². The first-order chi connectivity index (χ1) is 18.0. The Morgan fingerprint density at radius 1 is 1.14 bits per heavy atom. The van der Waals surface area contributed by atoms with E-state index in [4.69, 9.17) is 14.6 Å². The molecule has 0 aromatic heterocycles. The minimum atomic E-state index is -0.857. The zero-order valence-corrected chi connectivity index (χ0v) is 20.4. The van der Waals surface area contributed by atoms with E-state index in [1.54, 1.807) is 18.2 Å². The van der Waals surface area contributed by atoms with Crippen molar-refractivity contribution < 1.29 is 24.2 Å². The molecule has 2 N–H and O–H groups in total. The lowest BCUT2D eigenvalue weighted by atomic mass is 9.87. The zero-order valence-electron chi connectivity index (χ0n) is 20.4. The van der Waals surface area contributed by atoms with Gasteiger partial charge in [-0.25, -0.2) is 0 Å². The number of carbonyl (C=O) groups is 2. The predicted molar refractivity (Wildman–Crippen MR) is 137 cm³/mol. The van der Waals surface area contributed by atoms with Crippen molar-refractivity contribution in [2.45, 2.75) is 44.1 Å². The molecule has 5 rings (SSSR count). The Balaban J connectivity index is 1.32. The summed E-state index contributed by atoms with van der Waals surface area (Å²) in [5.41, 5.74) is 3.61. The molecule has 1 saturated carbocycles. The highest BCUT2D eigenvalue weighted by molar-refractivity contribution is 5.97. The van der Waals surface area contributed by atoms with Gasteiger partial charge in [0.25, 0.3) is 0 Å². The maximum absolute atomic E-state index is 13.4. The van der Waals surface area contributed by atoms with Gasteiger partial charge in [-0.15, -0.1) is 0 Å². The Morgan fingerprint density at radius 3 is 2.76 bits per heavy atom. The van der Waals surface area contributed by atoms with Gasteiger partial charge in [-0.05, 0) is 67.1 Å². The molecule has 1 fully saturated rings. The highest BCUT2D eigenvalue weighted by Gasteiger charge is 2.61. The largest absolute Gasteiger partial charge is 0.493 e. The van der Waals surface area contributed by atoms with Crippen molar-refractivity contribution in [1.29, 1.82) is 5.26 Å². The normalized spacial score (nSPS) is 19.3. The van der Waals surface area contributed by atoms with Crippen molar-refractivity contribution in [2.24, 2.45) is 5.92 Å². The fourth-order valence-electron chi connectivity index (χ4n) is 5.19. The Bertz CT molecular complexity index is 1360. The van der Waals surface area contributed by atoms with Crippen LogP contribution in [0.5, 0.6) is 11.5 Å². The Labute approximate surface area is 215 Å². The molecule has 0 saturated heterocycles. The van der Waals surface area contributed by atoms with Crippen LogP contribution in [0.2, 0.25) is 0 Å². The number of anilines is 1. The highest BCUT2D eigenvalue weighted by atomic mass is 16.5. The number of aryl methyl sites for hydroxylation is 1. The minimum Gasteiger partial charge on any atom is -0.493 e. The highest BCUT2D eigenvalue weighted by Crippen LogP contribution is 2.61. The van der Waals surface area contributed by atoms with E-state index in [1.807, 2.05) is 48.5 Å². The molecule has 37 heavy (non-hydrogen) atoms. The van der Waals surface area contributed by atoms with Gasteiger partial charge in [0.2, 0.25) is 5.91 Å². The van der Waals surface area contributed by atoms with E-state index in [9.17, 15) is 14.9 Å². The number of nitriles is 1. The monoisotopic (exact) mass is 496 g/mol. The van der Waals surface area contributed by atoms with Crippen LogP contribution in [0.25, 0.3) is 0 Å². The van der Waals surface area contributed by atoms with E-state index in [0.29, 0.717) is 43.7 Å². The lowest BCUT2D eigenvalue weighted by molar-refractivity contribution is -0.137. The van der Waals surface area contributed by atoms with Gasteiger partial charge in [0.05, 0.1) is 18.2 Å². The number of ether oxygens (including phenoxy) is 2. The second kappa shape index (κ2) is 10.4. The summed E-state index contributed by atoms with van der Waals surface area (Å²) in [5, 5.41) is 21.4. The SMILES string of the molecule is N#Cc1ccc(CCCC(=O)O)c(NC(=O)[C@@H]2C[C@]23CCOc2ccc(OCc4ccccc4)cc23)c1. The molecule has 2 atom stereocenters. The van der Waals surface area contributed by atoms with Crippen LogP contribution in [0.15, 0.2) is 66.7 Å². The van der Waals surface area contributed by atoms with E-state index < -0.39 is 5.97 Å². The van der Waals surface area contributed by atoms with Crippen LogP contribution < -0.4 is 14.8 Å². The van der Waals surface area contributed by atoms with Gasteiger partial charge in [0.15, 0.2) is 0 Å². The second-order valence-corrected chi connectivity index (χ2v) is 9.66. The maximum atomic E-state index is 13.4. The molecule has 1 amide bonds. The van der Waals surface area contributed by atoms with Gasteiger partial charge in [0, 0.05) is 29.0 Å². The van der Waals surface area contributed by atoms with Crippen LogP contribution in [-0.4, -0.2) is 23.6 Å². The molecule has 7 nitrogen and oxygen atoms in total. The average Bonchev–Trinajstić information content (AvgIpc) is 3.63. The number of fused-ring (bicyclic) bond motifs is 2. The van der Waals surface area contributed by atoms with Gasteiger partial charge < -0.3 is 19.9 Å². The number of nitrogens with one attached hydrogen (secondary N) is 1. The Kier molecular flexibility index (Phi) is 6.82. The van der Waals surface area contributed by atoms with Gasteiger partial charge >= 0.3 is 5.97 Å². The first-order valence-electron chi connectivity index (χ1n) is 12.5. The molecular weight excluding hydrogens is 468 g/mol. The molecule has 0 unspecified atom stereocenters. The Hall–Kier alpha value is -4.31. The lowest BCUT2D eigenvalue weighted by Crippen LogP contribution is -2.27.